The largest absolute Gasteiger partial charge is 0.333 e. The minimum absolute atomic E-state index is 0. The summed E-state index contributed by atoms with van der Waals surface area (Å²) in [5.41, 5.74) is 1.08. The molecule has 1 heterocycles. The second kappa shape index (κ2) is 6.35. The minimum Gasteiger partial charge on any atom is -0.333 e. The van der Waals surface area contributed by atoms with Gasteiger partial charge in [0.05, 0.1) is 0 Å². The zero-order valence-corrected chi connectivity index (χ0v) is 12.3. The maximum atomic E-state index is 13.2. The summed E-state index contributed by atoms with van der Waals surface area (Å²) in [4.78, 5) is 14.2. The summed E-state index contributed by atoms with van der Waals surface area (Å²) in [6.45, 7) is 7.28. The molecule has 0 aliphatic carbocycles. The normalized spacial score (nSPS) is 22.8. The quantitative estimate of drug-likeness (QED) is 0.860. The topological polar surface area (TPSA) is 32.3 Å². The van der Waals surface area contributed by atoms with Crippen LogP contribution < -0.4 is 5.32 Å². The lowest BCUT2D eigenvalue weighted by Crippen LogP contribution is -2.57. The number of nitrogens with zero attached hydrogens (tertiary/aromatic N) is 1. The van der Waals surface area contributed by atoms with E-state index in [1.807, 2.05) is 11.8 Å². The first kappa shape index (κ1) is 15.9. The van der Waals surface area contributed by atoms with Crippen LogP contribution >= 0.6 is 12.4 Å². The molecule has 0 aromatic heterocycles. The number of hydrogen-bond donors (Lipinski definition) is 1. The molecule has 1 aliphatic heterocycles. The number of nitrogens with one attached hydrogen (secondary N) is 1. The molecule has 1 N–H and O–H groups in total. The Hall–Kier alpha value is -1.13. The van der Waals surface area contributed by atoms with Gasteiger partial charge in [0, 0.05) is 30.7 Å². The van der Waals surface area contributed by atoms with E-state index in [-0.39, 0.29) is 36.2 Å². The van der Waals surface area contributed by atoms with Crippen molar-refractivity contribution >= 4 is 18.3 Å². The first-order valence-electron chi connectivity index (χ1n) is 6.31. The lowest BCUT2D eigenvalue weighted by Gasteiger charge is -2.38. The van der Waals surface area contributed by atoms with Gasteiger partial charge in [-0.05, 0) is 44.5 Å². The SMILES string of the molecule is Cc1cc(C(=O)N2CCNC(C)C2C)ccc1F.Cl. The van der Waals surface area contributed by atoms with Crippen LogP contribution in [0.3, 0.4) is 0 Å². The summed E-state index contributed by atoms with van der Waals surface area (Å²) in [6.07, 6.45) is 0. The van der Waals surface area contributed by atoms with Crippen LogP contribution in [-0.2, 0) is 0 Å². The van der Waals surface area contributed by atoms with E-state index in [9.17, 15) is 9.18 Å². The zero-order chi connectivity index (χ0) is 13.3. The first-order chi connectivity index (χ1) is 8.50. The Morgan fingerprint density at radius 3 is 2.74 bits per heavy atom. The summed E-state index contributed by atoms with van der Waals surface area (Å²) in [5, 5.41) is 3.33. The van der Waals surface area contributed by atoms with Crippen LogP contribution in [0.2, 0.25) is 0 Å². The number of carbonyl (C=O) groups is 1. The molecule has 19 heavy (non-hydrogen) atoms. The molecule has 0 saturated carbocycles. The second-order valence-electron chi connectivity index (χ2n) is 4.95. The number of hydrogen-bond acceptors (Lipinski definition) is 2. The van der Waals surface area contributed by atoms with Crippen LogP contribution in [-0.4, -0.2) is 36.0 Å². The van der Waals surface area contributed by atoms with Gasteiger partial charge >= 0.3 is 0 Å². The Morgan fingerprint density at radius 1 is 1.42 bits per heavy atom. The van der Waals surface area contributed by atoms with Gasteiger partial charge < -0.3 is 10.2 Å². The van der Waals surface area contributed by atoms with E-state index in [4.69, 9.17) is 0 Å². The van der Waals surface area contributed by atoms with E-state index in [1.165, 1.54) is 6.07 Å². The van der Waals surface area contributed by atoms with Crippen molar-refractivity contribution in [3.63, 3.8) is 0 Å². The number of aryl methyl sites for hydroxylation is 1. The Balaban J connectivity index is 0.00000180. The molecule has 5 heteroatoms. The third kappa shape index (κ3) is 3.25. The summed E-state index contributed by atoms with van der Waals surface area (Å²) in [6, 6.07) is 4.97. The van der Waals surface area contributed by atoms with Crippen molar-refractivity contribution in [3.05, 3.63) is 35.1 Å². The monoisotopic (exact) mass is 286 g/mol. The van der Waals surface area contributed by atoms with E-state index in [2.05, 4.69) is 12.2 Å². The number of rotatable bonds is 1. The maximum Gasteiger partial charge on any atom is 0.254 e. The van der Waals surface area contributed by atoms with Crippen molar-refractivity contribution in [2.45, 2.75) is 32.9 Å². The fourth-order valence-electron chi connectivity index (χ4n) is 2.29. The Morgan fingerprint density at radius 2 is 2.11 bits per heavy atom. The molecule has 0 radical (unpaired) electrons. The summed E-state index contributed by atoms with van der Waals surface area (Å²) in [7, 11) is 0. The molecule has 1 aromatic carbocycles. The Kier molecular flexibility index (Phi) is 5.32. The molecule has 3 nitrogen and oxygen atoms in total. The van der Waals surface area contributed by atoms with Gasteiger partial charge in [-0.1, -0.05) is 0 Å². The molecule has 1 saturated heterocycles. The Labute approximate surface area is 119 Å². The van der Waals surface area contributed by atoms with Crippen LogP contribution in [0, 0.1) is 12.7 Å². The standard InChI is InChI=1S/C14H19FN2O.ClH/c1-9-8-12(4-5-13(9)15)14(18)17-7-6-16-10(2)11(17)3;/h4-5,8,10-11,16H,6-7H2,1-3H3;1H. The summed E-state index contributed by atoms with van der Waals surface area (Å²) < 4.78 is 13.2. The second-order valence-corrected chi connectivity index (χ2v) is 4.95. The van der Waals surface area contributed by atoms with Crippen LogP contribution in [0.5, 0.6) is 0 Å². The maximum absolute atomic E-state index is 13.2. The molecule has 1 aliphatic rings. The molecule has 2 atom stereocenters. The van der Waals surface area contributed by atoms with E-state index in [0.717, 1.165) is 6.54 Å². The molecule has 1 amide bonds. The molecule has 1 aromatic rings. The number of amides is 1. The molecular formula is C14H20ClFN2O. The molecule has 0 bridgehead atoms. The van der Waals surface area contributed by atoms with Crippen molar-refractivity contribution in [1.82, 2.24) is 10.2 Å². The van der Waals surface area contributed by atoms with Gasteiger partial charge in [0.15, 0.2) is 0 Å². The molecular weight excluding hydrogens is 267 g/mol. The average Bonchev–Trinajstić information content (AvgIpc) is 2.35. The average molecular weight is 287 g/mol. The predicted octanol–water partition coefficient (Wildman–Crippen LogP) is 2.38. The highest BCUT2D eigenvalue weighted by atomic mass is 35.5. The summed E-state index contributed by atoms with van der Waals surface area (Å²) in [5.74, 6) is -0.285. The van der Waals surface area contributed by atoms with Gasteiger partial charge in [-0.2, -0.15) is 0 Å². The van der Waals surface area contributed by atoms with Crippen molar-refractivity contribution in [2.75, 3.05) is 13.1 Å². The van der Waals surface area contributed by atoms with Gasteiger partial charge in [0.2, 0.25) is 0 Å². The van der Waals surface area contributed by atoms with Gasteiger partial charge in [0.25, 0.3) is 5.91 Å². The van der Waals surface area contributed by atoms with Crippen LogP contribution in [0.15, 0.2) is 18.2 Å². The smallest absolute Gasteiger partial charge is 0.254 e. The van der Waals surface area contributed by atoms with E-state index < -0.39 is 0 Å². The zero-order valence-electron chi connectivity index (χ0n) is 11.4. The highest BCUT2D eigenvalue weighted by Crippen LogP contribution is 2.16. The molecule has 1 fully saturated rings. The van der Waals surface area contributed by atoms with Crippen molar-refractivity contribution in [2.24, 2.45) is 0 Å². The van der Waals surface area contributed by atoms with E-state index in [1.54, 1.807) is 19.1 Å². The highest BCUT2D eigenvalue weighted by Gasteiger charge is 2.28. The van der Waals surface area contributed by atoms with Crippen molar-refractivity contribution in [3.8, 4) is 0 Å². The predicted molar refractivity (Wildman–Crippen MR) is 76.3 cm³/mol. The number of piperazine rings is 1. The third-order valence-electron chi connectivity index (χ3n) is 3.70. The third-order valence-corrected chi connectivity index (χ3v) is 3.70. The lowest BCUT2D eigenvalue weighted by molar-refractivity contribution is 0.0603. The fraction of sp³-hybridized carbons (Fsp3) is 0.500. The van der Waals surface area contributed by atoms with Crippen LogP contribution in [0.4, 0.5) is 4.39 Å². The first-order valence-corrected chi connectivity index (χ1v) is 6.31. The fourth-order valence-corrected chi connectivity index (χ4v) is 2.29. The number of halogens is 2. The van der Waals surface area contributed by atoms with Crippen LogP contribution in [0.1, 0.15) is 29.8 Å². The van der Waals surface area contributed by atoms with Crippen LogP contribution in [0.25, 0.3) is 0 Å². The van der Waals surface area contributed by atoms with Gasteiger partial charge in [0.1, 0.15) is 5.82 Å². The van der Waals surface area contributed by atoms with E-state index in [0.29, 0.717) is 17.7 Å². The van der Waals surface area contributed by atoms with Gasteiger partial charge in [-0.3, -0.25) is 4.79 Å². The van der Waals surface area contributed by atoms with Crippen molar-refractivity contribution < 1.29 is 9.18 Å². The number of benzene rings is 1. The Bertz CT molecular complexity index is 467. The van der Waals surface area contributed by atoms with Gasteiger partial charge in [-0.25, -0.2) is 4.39 Å². The summed E-state index contributed by atoms with van der Waals surface area (Å²) >= 11 is 0. The molecule has 0 spiro atoms. The molecule has 106 valence electrons. The van der Waals surface area contributed by atoms with Crippen molar-refractivity contribution in [1.29, 1.82) is 0 Å². The highest BCUT2D eigenvalue weighted by molar-refractivity contribution is 5.94. The number of carbonyl (C=O) groups excluding carboxylic acids is 1. The van der Waals surface area contributed by atoms with E-state index >= 15 is 0 Å². The molecule has 2 unspecified atom stereocenters. The van der Waals surface area contributed by atoms with Gasteiger partial charge in [-0.15, -0.1) is 12.4 Å². The lowest BCUT2D eigenvalue weighted by atomic mass is 10.0. The molecule has 2 rings (SSSR count). The minimum atomic E-state index is -0.270.